The summed E-state index contributed by atoms with van der Waals surface area (Å²) in [4.78, 5) is 16.3. The van der Waals surface area contributed by atoms with Crippen LogP contribution < -0.4 is 4.74 Å². The van der Waals surface area contributed by atoms with E-state index in [1.165, 1.54) is 0 Å². The van der Waals surface area contributed by atoms with Crippen LogP contribution in [0.5, 0.6) is 5.75 Å². The summed E-state index contributed by atoms with van der Waals surface area (Å²) >= 11 is 0. The number of amides is 1. The maximum absolute atomic E-state index is 12.5. The zero-order valence-electron chi connectivity index (χ0n) is 13.9. The summed E-state index contributed by atoms with van der Waals surface area (Å²) in [6.45, 7) is 5.01. The van der Waals surface area contributed by atoms with Crippen molar-refractivity contribution in [2.24, 2.45) is 0 Å². The van der Waals surface area contributed by atoms with E-state index in [9.17, 15) is 4.79 Å². The Balaban J connectivity index is 1.91. The number of hydrogen-bond acceptors (Lipinski definition) is 5. The minimum absolute atomic E-state index is 0.00623. The SMILES string of the molecule is Cc1ccccc1OCC(=O)N1CCOC[C@@H]1CN(C)CCO. The fourth-order valence-electron chi connectivity index (χ4n) is 2.70. The third-order valence-corrected chi connectivity index (χ3v) is 4.00. The molecule has 0 saturated carbocycles. The highest BCUT2D eigenvalue weighted by atomic mass is 16.5. The molecule has 1 aromatic rings. The lowest BCUT2D eigenvalue weighted by Gasteiger charge is -2.37. The second kappa shape index (κ2) is 8.86. The summed E-state index contributed by atoms with van der Waals surface area (Å²) in [5, 5.41) is 9.00. The third-order valence-electron chi connectivity index (χ3n) is 4.00. The Labute approximate surface area is 137 Å². The standard InChI is InChI=1S/C17H26N2O4/c1-14-5-3-4-6-16(14)23-13-17(21)19-8-10-22-12-15(19)11-18(2)7-9-20/h3-6,15,20H,7-13H2,1-2H3/t15-/m0/s1. The Morgan fingerprint density at radius 1 is 1.48 bits per heavy atom. The molecule has 1 fully saturated rings. The fraction of sp³-hybridized carbons (Fsp3) is 0.588. The molecule has 0 bridgehead atoms. The molecule has 1 N–H and O–H groups in total. The van der Waals surface area contributed by atoms with Crippen LogP contribution in [0, 0.1) is 6.92 Å². The number of rotatable bonds is 7. The predicted octanol–water partition coefficient (Wildman–Crippen LogP) is 0.525. The van der Waals surface area contributed by atoms with E-state index >= 15 is 0 Å². The van der Waals surface area contributed by atoms with E-state index in [2.05, 4.69) is 0 Å². The van der Waals surface area contributed by atoms with E-state index < -0.39 is 0 Å². The van der Waals surface area contributed by atoms with E-state index in [0.29, 0.717) is 32.8 Å². The number of para-hydroxylation sites is 1. The maximum atomic E-state index is 12.5. The number of aliphatic hydroxyl groups is 1. The highest BCUT2D eigenvalue weighted by Crippen LogP contribution is 2.17. The Bertz CT molecular complexity index is 509. The second-order valence-electron chi connectivity index (χ2n) is 5.86. The molecule has 23 heavy (non-hydrogen) atoms. The number of aliphatic hydroxyl groups excluding tert-OH is 1. The van der Waals surface area contributed by atoms with Gasteiger partial charge in [-0.25, -0.2) is 0 Å². The molecule has 0 aromatic heterocycles. The number of benzene rings is 1. The van der Waals surface area contributed by atoms with Gasteiger partial charge in [0.25, 0.3) is 5.91 Å². The average Bonchev–Trinajstić information content (AvgIpc) is 2.54. The van der Waals surface area contributed by atoms with Gasteiger partial charge in [-0.2, -0.15) is 0 Å². The van der Waals surface area contributed by atoms with Crippen molar-refractivity contribution in [1.29, 1.82) is 0 Å². The van der Waals surface area contributed by atoms with E-state index in [-0.39, 0.29) is 25.2 Å². The molecule has 6 nitrogen and oxygen atoms in total. The van der Waals surface area contributed by atoms with Gasteiger partial charge >= 0.3 is 0 Å². The van der Waals surface area contributed by atoms with Crippen LogP contribution in [0.2, 0.25) is 0 Å². The minimum atomic E-state index is -0.0287. The van der Waals surface area contributed by atoms with E-state index in [1.807, 2.05) is 48.0 Å². The van der Waals surface area contributed by atoms with E-state index in [1.54, 1.807) is 0 Å². The first-order valence-electron chi connectivity index (χ1n) is 7.97. The average molecular weight is 322 g/mol. The van der Waals surface area contributed by atoms with Crippen molar-refractivity contribution in [2.75, 3.05) is 53.1 Å². The van der Waals surface area contributed by atoms with Crippen LogP contribution in [-0.4, -0.2) is 80.0 Å². The molecular weight excluding hydrogens is 296 g/mol. The number of ether oxygens (including phenoxy) is 2. The summed E-state index contributed by atoms with van der Waals surface area (Å²) < 4.78 is 11.2. The van der Waals surface area contributed by atoms with Crippen LogP contribution in [0.15, 0.2) is 24.3 Å². The highest BCUT2D eigenvalue weighted by Gasteiger charge is 2.28. The number of aryl methyl sites for hydroxylation is 1. The summed E-state index contributed by atoms with van der Waals surface area (Å²) in [6, 6.07) is 7.66. The van der Waals surface area contributed by atoms with Crippen molar-refractivity contribution in [1.82, 2.24) is 9.80 Å². The Morgan fingerprint density at radius 2 is 2.26 bits per heavy atom. The smallest absolute Gasteiger partial charge is 0.260 e. The zero-order valence-corrected chi connectivity index (χ0v) is 13.9. The lowest BCUT2D eigenvalue weighted by atomic mass is 10.2. The van der Waals surface area contributed by atoms with Crippen molar-refractivity contribution in [3.8, 4) is 5.75 Å². The molecule has 1 aliphatic heterocycles. The van der Waals surface area contributed by atoms with Gasteiger partial charge in [0.2, 0.25) is 0 Å². The monoisotopic (exact) mass is 322 g/mol. The Kier molecular flexibility index (Phi) is 6.83. The molecule has 6 heteroatoms. The molecule has 0 radical (unpaired) electrons. The summed E-state index contributed by atoms with van der Waals surface area (Å²) in [5.41, 5.74) is 1.02. The first-order valence-corrected chi connectivity index (χ1v) is 7.97. The number of likely N-dealkylation sites (N-methyl/N-ethyl adjacent to an activating group) is 1. The summed E-state index contributed by atoms with van der Waals surface area (Å²) in [5.74, 6) is 0.710. The van der Waals surface area contributed by atoms with Gasteiger partial charge in [0.05, 0.1) is 25.9 Å². The van der Waals surface area contributed by atoms with Gasteiger partial charge in [0.1, 0.15) is 5.75 Å². The lowest BCUT2D eigenvalue weighted by molar-refractivity contribution is -0.142. The molecule has 128 valence electrons. The minimum Gasteiger partial charge on any atom is -0.484 e. The number of morpholine rings is 1. The van der Waals surface area contributed by atoms with Crippen molar-refractivity contribution < 1.29 is 19.4 Å². The number of carbonyl (C=O) groups excluding carboxylic acids is 1. The maximum Gasteiger partial charge on any atom is 0.260 e. The zero-order chi connectivity index (χ0) is 16.7. The molecule has 0 unspecified atom stereocenters. The normalized spacial score (nSPS) is 18.3. The van der Waals surface area contributed by atoms with E-state index in [0.717, 1.165) is 11.3 Å². The third kappa shape index (κ3) is 5.20. The van der Waals surface area contributed by atoms with Gasteiger partial charge in [-0.3, -0.25) is 4.79 Å². The van der Waals surface area contributed by atoms with Crippen LogP contribution in [0.3, 0.4) is 0 Å². The molecule has 1 aromatic carbocycles. The number of hydrogen-bond donors (Lipinski definition) is 1. The van der Waals surface area contributed by atoms with Crippen molar-refractivity contribution in [3.63, 3.8) is 0 Å². The Hall–Kier alpha value is -1.63. The summed E-state index contributed by atoms with van der Waals surface area (Å²) in [6.07, 6.45) is 0. The molecule has 1 saturated heterocycles. The first kappa shape index (κ1) is 17.7. The van der Waals surface area contributed by atoms with Gasteiger partial charge in [-0.1, -0.05) is 18.2 Å². The van der Waals surface area contributed by atoms with Gasteiger partial charge < -0.3 is 24.4 Å². The molecule has 0 aliphatic carbocycles. The molecule has 1 heterocycles. The van der Waals surface area contributed by atoms with Crippen LogP contribution in [0.25, 0.3) is 0 Å². The molecule has 2 rings (SSSR count). The molecular formula is C17H26N2O4. The topological polar surface area (TPSA) is 62.2 Å². The van der Waals surface area contributed by atoms with Crippen molar-refractivity contribution in [3.05, 3.63) is 29.8 Å². The van der Waals surface area contributed by atoms with Crippen LogP contribution in [0.4, 0.5) is 0 Å². The molecule has 1 aliphatic rings. The first-order chi connectivity index (χ1) is 11.1. The van der Waals surface area contributed by atoms with E-state index in [4.69, 9.17) is 14.6 Å². The predicted molar refractivity (Wildman–Crippen MR) is 87.6 cm³/mol. The van der Waals surface area contributed by atoms with Gasteiger partial charge in [0.15, 0.2) is 6.61 Å². The van der Waals surface area contributed by atoms with Gasteiger partial charge in [0, 0.05) is 19.6 Å². The van der Waals surface area contributed by atoms with Crippen LogP contribution in [0.1, 0.15) is 5.56 Å². The lowest BCUT2D eigenvalue weighted by Crippen LogP contribution is -2.54. The highest BCUT2D eigenvalue weighted by molar-refractivity contribution is 5.78. The summed E-state index contributed by atoms with van der Waals surface area (Å²) in [7, 11) is 1.93. The Morgan fingerprint density at radius 3 is 3.00 bits per heavy atom. The van der Waals surface area contributed by atoms with Crippen molar-refractivity contribution >= 4 is 5.91 Å². The van der Waals surface area contributed by atoms with Crippen LogP contribution in [-0.2, 0) is 9.53 Å². The molecule has 1 atom stereocenters. The van der Waals surface area contributed by atoms with Crippen LogP contribution >= 0.6 is 0 Å². The number of carbonyl (C=O) groups is 1. The fourth-order valence-corrected chi connectivity index (χ4v) is 2.70. The van der Waals surface area contributed by atoms with Crippen molar-refractivity contribution in [2.45, 2.75) is 13.0 Å². The largest absolute Gasteiger partial charge is 0.484 e. The quantitative estimate of drug-likeness (QED) is 0.793. The second-order valence-corrected chi connectivity index (χ2v) is 5.86. The molecule has 0 spiro atoms. The number of nitrogens with zero attached hydrogens (tertiary/aromatic N) is 2. The van der Waals surface area contributed by atoms with Gasteiger partial charge in [-0.15, -0.1) is 0 Å². The molecule has 1 amide bonds. The van der Waals surface area contributed by atoms with Gasteiger partial charge in [-0.05, 0) is 25.6 Å².